The van der Waals surface area contributed by atoms with Crippen molar-refractivity contribution < 1.29 is 4.42 Å². The van der Waals surface area contributed by atoms with Crippen LogP contribution in [0.2, 0.25) is 0 Å². The van der Waals surface area contributed by atoms with E-state index in [-0.39, 0.29) is 0 Å². The summed E-state index contributed by atoms with van der Waals surface area (Å²) < 4.78 is 6.86. The highest BCUT2D eigenvalue weighted by atomic mass is 16.3. The molecule has 1 aliphatic carbocycles. The summed E-state index contributed by atoms with van der Waals surface area (Å²) in [6.07, 6.45) is 9.80. The van der Waals surface area contributed by atoms with Crippen LogP contribution in [-0.2, 0) is 6.42 Å². The lowest BCUT2D eigenvalue weighted by molar-refractivity contribution is 0.674. The van der Waals surface area contributed by atoms with Crippen LogP contribution in [0, 0.1) is 0 Å². The Morgan fingerprint density at radius 1 is 0.429 bits per heavy atom. The summed E-state index contributed by atoms with van der Waals surface area (Å²) in [6.45, 7) is 0. The third kappa shape index (κ3) is 3.31. The molecule has 7 aromatic carbocycles. The van der Waals surface area contributed by atoms with Gasteiger partial charge in [-0.25, -0.2) is 0 Å². The Labute approximate surface area is 243 Å². The minimum atomic E-state index is 0.861. The van der Waals surface area contributed by atoms with E-state index in [0.717, 1.165) is 39.3 Å². The molecule has 1 aromatic heterocycles. The minimum Gasteiger partial charge on any atom is -0.455 e. The van der Waals surface area contributed by atoms with Crippen LogP contribution >= 0.6 is 0 Å². The van der Waals surface area contributed by atoms with Gasteiger partial charge in [0.05, 0.1) is 0 Å². The van der Waals surface area contributed by atoms with Crippen LogP contribution in [0.15, 0.2) is 144 Å². The highest BCUT2D eigenvalue weighted by Crippen LogP contribution is 2.48. The third-order valence-corrected chi connectivity index (χ3v) is 8.91. The van der Waals surface area contributed by atoms with Gasteiger partial charge in [-0.15, -0.1) is 0 Å². The molecular weight excluding hydrogens is 508 g/mol. The first-order valence-corrected chi connectivity index (χ1v) is 14.6. The van der Waals surface area contributed by atoms with Crippen LogP contribution in [0.4, 0.5) is 0 Å². The predicted molar refractivity (Wildman–Crippen MR) is 179 cm³/mol. The summed E-state index contributed by atoms with van der Waals surface area (Å²) in [4.78, 5) is 0. The number of allylic oxidation sites excluding steroid dienone is 3. The van der Waals surface area contributed by atoms with Crippen molar-refractivity contribution in [1.82, 2.24) is 0 Å². The first kappa shape index (κ1) is 23.3. The fourth-order valence-corrected chi connectivity index (χ4v) is 7.09. The number of para-hydroxylation sites is 1. The van der Waals surface area contributed by atoms with Gasteiger partial charge in [-0.2, -0.15) is 0 Å². The van der Waals surface area contributed by atoms with E-state index in [1.165, 1.54) is 54.7 Å². The molecule has 1 heteroatoms. The second kappa shape index (κ2) is 9.06. The molecule has 1 nitrogen and oxygen atoms in total. The molecule has 1 heterocycles. The predicted octanol–water partition coefficient (Wildman–Crippen LogP) is 11.5. The first-order chi connectivity index (χ1) is 20.9. The van der Waals surface area contributed by atoms with E-state index < -0.39 is 0 Å². The number of furan rings is 1. The summed E-state index contributed by atoms with van der Waals surface area (Å²) in [6, 6.07) is 43.8. The largest absolute Gasteiger partial charge is 0.455 e. The molecule has 0 unspecified atom stereocenters. The van der Waals surface area contributed by atoms with E-state index in [1.54, 1.807) is 0 Å². The van der Waals surface area contributed by atoms with Crippen molar-refractivity contribution in [2.24, 2.45) is 0 Å². The van der Waals surface area contributed by atoms with Gasteiger partial charge in [-0.05, 0) is 61.7 Å². The van der Waals surface area contributed by atoms with E-state index in [0.29, 0.717) is 0 Å². The van der Waals surface area contributed by atoms with Crippen LogP contribution in [0.25, 0.3) is 82.6 Å². The lowest BCUT2D eigenvalue weighted by atomic mass is 9.81. The molecule has 196 valence electrons. The zero-order valence-corrected chi connectivity index (χ0v) is 23.0. The number of hydrogen-bond donors (Lipinski definition) is 0. The number of hydrogen-bond acceptors (Lipinski definition) is 1. The Bertz CT molecular complexity index is 2430. The Kier molecular flexibility index (Phi) is 5.03. The van der Waals surface area contributed by atoms with Crippen molar-refractivity contribution in [3.8, 4) is 22.3 Å². The molecule has 0 bridgehead atoms. The summed E-state index contributed by atoms with van der Waals surface area (Å²) in [5.74, 6) is 0. The molecule has 0 saturated carbocycles. The zero-order valence-electron chi connectivity index (χ0n) is 23.0. The fourth-order valence-electron chi connectivity index (χ4n) is 7.09. The van der Waals surface area contributed by atoms with Crippen molar-refractivity contribution in [2.45, 2.75) is 6.42 Å². The van der Waals surface area contributed by atoms with Crippen LogP contribution in [0.5, 0.6) is 0 Å². The second-order valence-corrected chi connectivity index (χ2v) is 11.2. The normalized spacial score (nSPS) is 13.0. The molecular formula is C41H26O. The van der Waals surface area contributed by atoms with Gasteiger partial charge >= 0.3 is 0 Å². The molecule has 0 aliphatic heterocycles. The highest BCUT2D eigenvalue weighted by Gasteiger charge is 2.24. The molecule has 0 saturated heterocycles. The van der Waals surface area contributed by atoms with Gasteiger partial charge in [0, 0.05) is 27.3 Å². The standard InChI is InChI=1S/C41H26O/c1-2-17-31-33(18-3-1)39(34-20-9-8-19-32(34)38(31)30-21-10-14-26-12-4-6-15-28(26)30)37-23-11-22-35-36-25-24-27-13-5-7-16-29(27)40(36)42-41(35)37/h1-16,18-25H,17H2. The average Bonchev–Trinajstić information content (AvgIpc) is 3.27. The smallest absolute Gasteiger partial charge is 0.143 e. The number of fused-ring (bicyclic) bond motifs is 8. The maximum Gasteiger partial charge on any atom is 0.143 e. The van der Waals surface area contributed by atoms with Crippen molar-refractivity contribution in [1.29, 1.82) is 0 Å². The molecule has 0 spiro atoms. The number of rotatable bonds is 2. The Morgan fingerprint density at radius 2 is 1.05 bits per heavy atom. The van der Waals surface area contributed by atoms with Crippen molar-refractivity contribution in [3.63, 3.8) is 0 Å². The first-order valence-electron chi connectivity index (χ1n) is 14.6. The maximum atomic E-state index is 6.86. The van der Waals surface area contributed by atoms with E-state index in [1.807, 2.05) is 0 Å². The quantitative estimate of drug-likeness (QED) is 0.215. The fraction of sp³-hybridized carbons (Fsp3) is 0.0244. The lowest BCUT2D eigenvalue weighted by Gasteiger charge is -2.22. The van der Waals surface area contributed by atoms with E-state index >= 15 is 0 Å². The van der Waals surface area contributed by atoms with Crippen LogP contribution in [-0.4, -0.2) is 0 Å². The molecule has 1 aliphatic rings. The van der Waals surface area contributed by atoms with Crippen LogP contribution < -0.4 is 0 Å². The molecule has 0 N–H and O–H groups in total. The highest BCUT2D eigenvalue weighted by molar-refractivity contribution is 6.20. The van der Waals surface area contributed by atoms with Gasteiger partial charge in [0.15, 0.2) is 0 Å². The van der Waals surface area contributed by atoms with Gasteiger partial charge in [-0.3, -0.25) is 0 Å². The topological polar surface area (TPSA) is 13.1 Å². The van der Waals surface area contributed by atoms with E-state index in [2.05, 4.69) is 146 Å². The average molecular weight is 535 g/mol. The van der Waals surface area contributed by atoms with Crippen molar-refractivity contribution in [2.75, 3.05) is 0 Å². The zero-order chi connectivity index (χ0) is 27.6. The minimum absolute atomic E-state index is 0.861. The van der Waals surface area contributed by atoms with Gasteiger partial charge in [-0.1, -0.05) is 140 Å². The molecule has 0 amide bonds. The van der Waals surface area contributed by atoms with E-state index in [4.69, 9.17) is 4.42 Å². The summed E-state index contributed by atoms with van der Waals surface area (Å²) >= 11 is 0. The Hall–Kier alpha value is -5.40. The van der Waals surface area contributed by atoms with Crippen LogP contribution in [0.1, 0.15) is 11.1 Å². The van der Waals surface area contributed by atoms with Gasteiger partial charge in [0.1, 0.15) is 11.2 Å². The van der Waals surface area contributed by atoms with Gasteiger partial charge in [0.2, 0.25) is 0 Å². The summed E-state index contributed by atoms with van der Waals surface area (Å²) in [5, 5.41) is 9.70. The molecule has 42 heavy (non-hydrogen) atoms. The lowest BCUT2D eigenvalue weighted by Crippen LogP contribution is -1.99. The monoisotopic (exact) mass is 534 g/mol. The van der Waals surface area contributed by atoms with Gasteiger partial charge < -0.3 is 4.42 Å². The Balaban J connectivity index is 1.44. The molecule has 0 fully saturated rings. The summed E-state index contributed by atoms with van der Waals surface area (Å²) in [5.41, 5.74) is 9.48. The van der Waals surface area contributed by atoms with E-state index in [9.17, 15) is 0 Å². The molecule has 0 radical (unpaired) electrons. The maximum absolute atomic E-state index is 6.86. The summed E-state index contributed by atoms with van der Waals surface area (Å²) in [7, 11) is 0. The Morgan fingerprint density at radius 3 is 1.90 bits per heavy atom. The van der Waals surface area contributed by atoms with Gasteiger partial charge in [0.25, 0.3) is 0 Å². The SMILES string of the molecule is C1=CCc2c(c(-c3cccc4c3oc3c5ccccc5ccc43)c3ccccc3c2-c2cccc3ccccc23)C=C1. The molecule has 9 rings (SSSR count). The second-order valence-electron chi connectivity index (χ2n) is 11.2. The molecule has 0 atom stereocenters. The molecule has 8 aromatic rings. The van der Waals surface area contributed by atoms with Crippen LogP contribution in [0.3, 0.4) is 0 Å². The van der Waals surface area contributed by atoms with Crippen molar-refractivity contribution in [3.05, 3.63) is 151 Å². The number of benzene rings is 7. The third-order valence-electron chi connectivity index (χ3n) is 8.91. The van der Waals surface area contributed by atoms with Crippen molar-refractivity contribution >= 4 is 60.3 Å².